The van der Waals surface area contributed by atoms with Gasteiger partial charge in [0.2, 0.25) is 0 Å². The minimum absolute atomic E-state index is 0.465. The quantitative estimate of drug-likeness (QED) is 0.927. The molecule has 1 heterocycles. The first kappa shape index (κ1) is 12.4. The van der Waals surface area contributed by atoms with Crippen LogP contribution in [-0.2, 0) is 13.2 Å². The fourth-order valence-corrected chi connectivity index (χ4v) is 2.37. The lowest BCUT2D eigenvalue weighted by Crippen LogP contribution is -1.99. The van der Waals surface area contributed by atoms with Crippen LogP contribution >= 0.6 is 22.9 Å². The lowest BCUT2D eigenvalue weighted by Gasteiger charge is -2.07. The van der Waals surface area contributed by atoms with Crippen molar-refractivity contribution in [3.05, 3.63) is 44.9 Å². The lowest BCUT2D eigenvalue weighted by atomic mass is 10.2. The average Bonchev–Trinajstić information content (AvgIpc) is 2.76. The molecule has 0 saturated heterocycles. The molecule has 0 aliphatic rings. The molecule has 0 fully saturated rings. The average molecular weight is 269 g/mol. The van der Waals surface area contributed by atoms with Crippen molar-refractivity contribution in [2.45, 2.75) is 20.1 Å². The summed E-state index contributed by atoms with van der Waals surface area (Å²) in [7, 11) is 0. The van der Waals surface area contributed by atoms with E-state index >= 15 is 0 Å². The molecule has 90 valence electrons. The summed E-state index contributed by atoms with van der Waals surface area (Å²) in [5, 5.41) is 3.60. The van der Waals surface area contributed by atoms with Crippen LogP contribution in [0.1, 0.15) is 16.3 Å². The zero-order valence-corrected chi connectivity index (χ0v) is 11.0. The first-order valence-electron chi connectivity index (χ1n) is 5.21. The third-order valence-corrected chi connectivity index (χ3v) is 3.40. The fourth-order valence-electron chi connectivity index (χ4n) is 1.42. The van der Waals surface area contributed by atoms with Gasteiger partial charge in [-0.3, -0.25) is 0 Å². The Morgan fingerprint density at radius 1 is 1.47 bits per heavy atom. The minimum Gasteiger partial charge on any atom is -0.486 e. The molecule has 0 atom stereocenters. The number of halogens is 1. The van der Waals surface area contributed by atoms with Crippen molar-refractivity contribution in [1.29, 1.82) is 0 Å². The SMILES string of the molecule is Cc1cc(Cl)ccc1OCc1nc(CN)cs1. The molecule has 2 N–H and O–H groups in total. The van der Waals surface area contributed by atoms with E-state index in [2.05, 4.69) is 4.98 Å². The highest BCUT2D eigenvalue weighted by molar-refractivity contribution is 7.09. The Hall–Kier alpha value is -1.10. The minimum atomic E-state index is 0.465. The number of aromatic nitrogens is 1. The number of rotatable bonds is 4. The van der Waals surface area contributed by atoms with Crippen molar-refractivity contribution < 1.29 is 4.74 Å². The van der Waals surface area contributed by atoms with Crippen LogP contribution in [-0.4, -0.2) is 4.98 Å². The summed E-state index contributed by atoms with van der Waals surface area (Å²) in [6, 6.07) is 5.57. The van der Waals surface area contributed by atoms with Gasteiger partial charge in [0.15, 0.2) is 0 Å². The molecule has 1 aromatic heterocycles. The molecule has 2 aromatic rings. The molecule has 0 bridgehead atoms. The first-order chi connectivity index (χ1) is 8.19. The van der Waals surface area contributed by atoms with E-state index in [4.69, 9.17) is 22.1 Å². The number of nitrogens with two attached hydrogens (primary N) is 1. The van der Waals surface area contributed by atoms with Crippen LogP contribution in [0.5, 0.6) is 5.75 Å². The number of ether oxygens (including phenoxy) is 1. The van der Waals surface area contributed by atoms with Gasteiger partial charge < -0.3 is 10.5 Å². The predicted octanol–water partition coefficient (Wildman–Crippen LogP) is 3.14. The molecule has 0 spiro atoms. The predicted molar refractivity (Wildman–Crippen MR) is 70.5 cm³/mol. The van der Waals surface area contributed by atoms with E-state index in [1.54, 1.807) is 11.3 Å². The molecule has 1 aromatic carbocycles. The Morgan fingerprint density at radius 3 is 2.94 bits per heavy atom. The van der Waals surface area contributed by atoms with Crippen molar-refractivity contribution in [1.82, 2.24) is 4.98 Å². The van der Waals surface area contributed by atoms with E-state index in [1.807, 2.05) is 30.5 Å². The van der Waals surface area contributed by atoms with Crippen LogP contribution in [0.25, 0.3) is 0 Å². The van der Waals surface area contributed by atoms with Crippen LogP contribution in [0.4, 0.5) is 0 Å². The van der Waals surface area contributed by atoms with Gasteiger partial charge >= 0.3 is 0 Å². The molecule has 0 radical (unpaired) electrons. The zero-order chi connectivity index (χ0) is 12.3. The summed E-state index contributed by atoms with van der Waals surface area (Å²) < 4.78 is 5.68. The maximum Gasteiger partial charge on any atom is 0.140 e. The van der Waals surface area contributed by atoms with Crippen molar-refractivity contribution >= 4 is 22.9 Å². The summed E-state index contributed by atoms with van der Waals surface area (Å²) in [5.74, 6) is 0.832. The van der Waals surface area contributed by atoms with Crippen LogP contribution in [0.3, 0.4) is 0 Å². The van der Waals surface area contributed by atoms with E-state index in [1.165, 1.54) is 0 Å². The van der Waals surface area contributed by atoms with Gasteiger partial charge in [0.1, 0.15) is 17.4 Å². The van der Waals surface area contributed by atoms with Gasteiger partial charge in [0.25, 0.3) is 0 Å². The van der Waals surface area contributed by atoms with Gasteiger partial charge in [-0.1, -0.05) is 11.6 Å². The summed E-state index contributed by atoms with van der Waals surface area (Å²) in [4.78, 5) is 4.33. The van der Waals surface area contributed by atoms with E-state index in [-0.39, 0.29) is 0 Å². The highest BCUT2D eigenvalue weighted by Crippen LogP contribution is 2.23. The number of benzene rings is 1. The number of nitrogens with zero attached hydrogens (tertiary/aromatic N) is 1. The summed E-state index contributed by atoms with van der Waals surface area (Å²) in [6.45, 7) is 2.90. The van der Waals surface area contributed by atoms with Crippen LogP contribution in [0.2, 0.25) is 5.02 Å². The second kappa shape index (κ2) is 5.49. The van der Waals surface area contributed by atoms with Gasteiger partial charge in [-0.05, 0) is 30.7 Å². The summed E-state index contributed by atoms with van der Waals surface area (Å²) >= 11 is 7.44. The van der Waals surface area contributed by atoms with Gasteiger partial charge in [0, 0.05) is 16.9 Å². The largest absolute Gasteiger partial charge is 0.486 e. The Kier molecular flexibility index (Phi) is 3.99. The molecular weight excluding hydrogens is 256 g/mol. The Balaban J connectivity index is 2.02. The maximum atomic E-state index is 5.88. The van der Waals surface area contributed by atoms with Crippen molar-refractivity contribution in [3.8, 4) is 5.75 Å². The van der Waals surface area contributed by atoms with Gasteiger partial charge in [-0.15, -0.1) is 11.3 Å². The molecule has 0 unspecified atom stereocenters. The molecule has 0 amide bonds. The molecule has 5 heteroatoms. The Bertz CT molecular complexity index is 513. The van der Waals surface area contributed by atoms with Gasteiger partial charge in [-0.2, -0.15) is 0 Å². The molecular formula is C12H13ClN2OS. The molecule has 2 rings (SSSR count). The fraction of sp³-hybridized carbons (Fsp3) is 0.250. The monoisotopic (exact) mass is 268 g/mol. The smallest absolute Gasteiger partial charge is 0.140 e. The van der Waals surface area contributed by atoms with Crippen molar-refractivity contribution in [3.63, 3.8) is 0 Å². The maximum absolute atomic E-state index is 5.88. The van der Waals surface area contributed by atoms with Gasteiger partial charge in [0.05, 0.1) is 5.69 Å². The third-order valence-electron chi connectivity index (χ3n) is 2.30. The summed E-state index contributed by atoms with van der Waals surface area (Å²) in [6.07, 6.45) is 0. The number of thiazole rings is 1. The number of hydrogen-bond donors (Lipinski definition) is 1. The first-order valence-corrected chi connectivity index (χ1v) is 6.47. The Morgan fingerprint density at radius 2 is 2.29 bits per heavy atom. The van der Waals surface area contributed by atoms with Crippen LogP contribution in [0, 0.1) is 6.92 Å². The Labute approximate surface area is 109 Å². The number of hydrogen-bond acceptors (Lipinski definition) is 4. The van der Waals surface area contributed by atoms with Gasteiger partial charge in [-0.25, -0.2) is 4.98 Å². The topological polar surface area (TPSA) is 48.1 Å². The van der Waals surface area contributed by atoms with Crippen molar-refractivity contribution in [2.24, 2.45) is 5.73 Å². The van der Waals surface area contributed by atoms with Crippen LogP contribution < -0.4 is 10.5 Å². The van der Waals surface area contributed by atoms with E-state index in [9.17, 15) is 0 Å². The molecule has 0 saturated carbocycles. The number of aryl methyl sites for hydroxylation is 1. The highest BCUT2D eigenvalue weighted by atomic mass is 35.5. The molecule has 0 aliphatic carbocycles. The second-order valence-electron chi connectivity index (χ2n) is 3.64. The molecule has 0 aliphatic heterocycles. The lowest BCUT2D eigenvalue weighted by molar-refractivity contribution is 0.303. The second-order valence-corrected chi connectivity index (χ2v) is 5.01. The molecule has 17 heavy (non-hydrogen) atoms. The molecule has 3 nitrogen and oxygen atoms in total. The third kappa shape index (κ3) is 3.19. The zero-order valence-electron chi connectivity index (χ0n) is 9.44. The van der Waals surface area contributed by atoms with Crippen LogP contribution in [0.15, 0.2) is 23.6 Å². The van der Waals surface area contributed by atoms with E-state index < -0.39 is 0 Å². The summed E-state index contributed by atoms with van der Waals surface area (Å²) in [5.41, 5.74) is 7.43. The standard InChI is InChI=1S/C12H13ClN2OS/c1-8-4-9(13)2-3-11(8)16-6-12-15-10(5-14)7-17-12/h2-4,7H,5-6,14H2,1H3. The normalized spacial score (nSPS) is 10.5. The van der Waals surface area contributed by atoms with E-state index in [0.717, 1.165) is 27.0 Å². The highest BCUT2D eigenvalue weighted by Gasteiger charge is 2.04. The van der Waals surface area contributed by atoms with Crippen molar-refractivity contribution in [2.75, 3.05) is 0 Å². The van der Waals surface area contributed by atoms with E-state index in [0.29, 0.717) is 13.2 Å².